The van der Waals surface area contributed by atoms with Crippen LogP contribution in [0.3, 0.4) is 0 Å². The first-order valence-electron chi connectivity index (χ1n) is 13.2. The highest BCUT2D eigenvalue weighted by atomic mass is 16.5. The number of nitrogens with zero attached hydrogens (tertiary/aromatic N) is 4. The van der Waals surface area contributed by atoms with Crippen LogP contribution in [0.25, 0.3) is 0 Å². The average molecular weight is 523 g/mol. The number of amides is 3. The Balaban J connectivity index is 1.48. The number of ether oxygens (including phenoxy) is 2. The van der Waals surface area contributed by atoms with Crippen LogP contribution in [0, 0.1) is 5.92 Å². The van der Waals surface area contributed by atoms with E-state index in [1.54, 1.807) is 32.4 Å². The van der Waals surface area contributed by atoms with Gasteiger partial charge in [-0.2, -0.15) is 0 Å². The summed E-state index contributed by atoms with van der Waals surface area (Å²) in [5.74, 6) is 0.753. The Morgan fingerprint density at radius 2 is 1.74 bits per heavy atom. The van der Waals surface area contributed by atoms with Crippen molar-refractivity contribution in [1.82, 2.24) is 14.7 Å². The van der Waals surface area contributed by atoms with Gasteiger partial charge in [-0.25, -0.2) is 0 Å². The van der Waals surface area contributed by atoms with Crippen molar-refractivity contribution < 1.29 is 23.9 Å². The Morgan fingerprint density at radius 3 is 2.37 bits per heavy atom. The van der Waals surface area contributed by atoms with Crippen LogP contribution >= 0.6 is 0 Å². The molecule has 2 aromatic rings. The molecule has 0 saturated carbocycles. The van der Waals surface area contributed by atoms with E-state index in [9.17, 15) is 14.4 Å². The molecule has 2 aliphatic rings. The van der Waals surface area contributed by atoms with E-state index in [-0.39, 0.29) is 30.2 Å². The number of anilines is 1. The number of hydrogen-bond donors (Lipinski definition) is 0. The third kappa shape index (κ3) is 5.48. The molecular formula is C29H38N4O5. The lowest BCUT2D eigenvalue weighted by atomic mass is 9.94. The summed E-state index contributed by atoms with van der Waals surface area (Å²) in [5.41, 5.74) is 2.34. The Bertz CT molecular complexity index is 1190. The largest absolute Gasteiger partial charge is 0.497 e. The zero-order valence-corrected chi connectivity index (χ0v) is 23.0. The van der Waals surface area contributed by atoms with Gasteiger partial charge < -0.3 is 24.2 Å². The Morgan fingerprint density at radius 1 is 1.00 bits per heavy atom. The number of likely N-dealkylation sites (N-methyl/N-ethyl adjacent to an activating group) is 2. The second-order valence-corrected chi connectivity index (χ2v) is 10.1. The highest BCUT2D eigenvalue weighted by Crippen LogP contribution is 2.36. The maximum atomic E-state index is 13.6. The number of methoxy groups -OCH3 is 2. The van der Waals surface area contributed by atoms with Crippen LogP contribution in [0.2, 0.25) is 0 Å². The van der Waals surface area contributed by atoms with Gasteiger partial charge in [0.2, 0.25) is 5.91 Å². The number of benzene rings is 2. The third-order valence-corrected chi connectivity index (χ3v) is 7.50. The third-order valence-electron chi connectivity index (χ3n) is 7.50. The average Bonchev–Trinajstić information content (AvgIpc) is 3.18. The van der Waals surface area contributed by atoms with E-state index < -0.39 is 0 Å². The molecule has 0 radical (unpaired) electrons. The molecule has 2 heterocycles. The number of carbonyl (C=O) groups excluding carboxylic acids is 3. The minimum atomic E-state index is -0.311. The molecule has 9 nitrogen and oxygen atoms in total. The van der Waals surface area contributed by atoms with Crippen molar-refractivity contribution in [3.05, 3.63) is 53.1 Å². The fourth-order valence-electron chi connectivity index (χ4n) is 5.25. The molecule has 204 valence electrons. The van der Waals surface area contributed by atoms with Gasteiger partial charge in [0.15, 0.2) is 0 Å². The maximum Gasteiger partial charge on any atom is 0.263 e. The zero-order valence-electron chi connectivity index (χ0n) is 23.0. The van der Waals surface area contributed by atoms with Gasteiger partial charge in [-0.3, -0.25) is 19.3 Å². The first kappa shape index (κ1) is 27.4. The minimum absolute atomic E-state index is 0.0264. The molecule has 3 amide bonds. The minimum Gasteiger partial charge on any atom is -0.497 e. The van der Waals surface area contributed by atoms with E-state index in [4.69, 9.17) is 9.47 Å². The fourth-order valence-corrected chi connectivity index (χ4v) is 5.25. The van der Waals surface area contributed by atoms with Gasteiger partial charge in [-0.05, 0) is 58.1 Å². The van der Waals surface area contributed by atoms with Crippen LogP contribution in [0.4, 0.5) is 5.69 Å². The molecule has 2 aliphatic heterocycles. The number of carbonyl (C=O) groups is 3. The first-order chi connectivity index (χ1) is 18.3. The van der Waals surface area contributed by atoms with E-state index in [0.29, 0.717) is 42.3 Å². The van der Waals surface area contributed by atoms with E-state index in [0.717, 1.165) is 37.2 Å². The molecule has 9 heteroatoms. The number of imide groups is 1. The molecule has 0 spiro atoms. The maximum absolute atomic E-state index is 13.6. The summed E-state index contributed by atoms with van der Waals surface area (Å²) in [6.45, 7) is 5.70. The van der Waals surface area contributed by atoms with Gasteiger partial charge in [0.25, 0.3) is 11.8 Å². The lowest BCUT2D eigenvalue weighted by Gasteiger charge is -2.36. The predicted molar refractivity (Wildman–Crippen MR) is 146 cm³/mol. The van der Waals surface area contributed by atoms with Crippen LogP contribution < -0.4 is 14.4 Å². The van der Waals surface area contributed by atoms with Crippen LogP contribution in [-0.4, -0.2) is 93.5 Å². The molecular weight excluding hydrogens is 484 g/mol. The second-order valence-electron chi connectivity index (χ2n) is 10.1. The van der Waals surface area contributed by atoms with Gasteiger partial charge in [-0.1, -0.05) is 6.07 Å². The van der Waals surface area contributed by atoms with Gasteiger partial charge in [0.05, 0.1) is 37.6 Å². The predicted octanol–water partition coefficient (Wildman–Crippen LogP) is 3.13. The van der Waals surface area contributed by atoms with Crippen molar-refractivity contribution >= 4 is 23.4 Å². The molecule has 0 atom stereocenters. The summed E-state index contributed by atoms with van der Waals surface area (Å²) in [4.78, 5) is 47.5. The van der Waals surface area contributed by atoms with Gasteiger partial charge >= 0.3 is 0 Å². The number of rotatable bonds is 10. The topological polar surface area (TPSA) is 82.6 Å². The molecule has 0 unspecified atom stereocenters. The summed E-state index contributed by atoms with van der Waals surface area (Å²) >= 11 is 0. The summed E-state index contributed by atoms with van der Waals surface area (Å²) in [7, 11) is 7.14. The lowest BCUT2D eigenvalue weighted by molar-refractivity contribution is -0.136. The monoisotopic (exact) mass is 522 g/mol. The van der Waals surface area contributed by atoms with Crippen LogP contribution in [0.1, 0.15) is 46.0 Å². The Kier molecular flexibility index (Phi) is 8.56. The highest BCUT2D eigenvalue weighted by molar-refractivity contribution is 6.23. The van der Waals surface area contributed by atoms with Gasteiger partial charge in [0, 0.05) is 50.3 Å². The van der Waals surface area contributed by atoms with E-state index >= 15 is 0 Å². The van der Waals surface area contributed by atoms with Crippen molar-refractivity contribution in [1.29, 1.82) is 0 Å². The quantitative estimate of drug-likeness (QED) is 0.444. The van der Waals surface area contributed by atoms with Crippen LogP contribution in [0.15, 0.2) is 36.4 Å². The Hall–Kier alpha value is -3.59. The van der Waals surface area contributed by atoms with E-state index in [1.807, 2.05) is 44.1 Å². The van der Waals surface area contributed by atoms with E-state index in [1.165, 1.54) is 4.90 Å². The van der Waals surface area contributed by atoms with Crippen molar-refractivity contribution in [2.75, 3.05) is 65.9 Å². The van der Waals surface area contributed by atoms with Crippen molar-refractivity contribution in [2.24, 2.45) is 5.92 Å². The Labute approximate surface area is 224 Å². The summed E-state index contributed by atoms with van der Waals surface area (Å²) in [6, 6.07) is 10.8. The van der Waals surface area contributed by atoms with Crippen molar-refractivity contribution in [3.63, 3.8) is 0 Å². The SMILES string of the molecule is CCN(CCN(C)C)C(=O)C1CCN(c2cccc3c2C(=O)N(Cc2ccc(OC)cc2OC)C3=O)CC1. The van der Waals surface area contributed by atoms with E-state index in [2.05, 4.69) is 9.80 Å². The highest BCUT2D eigenvalue weighted by Gasteiger charge is 2.39. The normalized spacial score (nSPS) is 15.7. The van der Waals surface area contributed by atoms with Gasteiger partial charge in [-0.15, -0.1) is 0 Å². The summed E-state index contributed by atoms with van der Waals surface area (Å²) < 4.78 is 10.7. The van der Waals surface area contributed by atoms with Crippen LogP contribution in [0.5, 0.6) is 11.5 Å². The standard InChI is InChI=1S/C29H38N4O5/c1-6-31(17-16-30(2)3)27(34)20-12-14-32(15-13-20)24-9-7-8-23-26(24)29(36)33(28(23)35)19-21-10-11-22(37-4)18-25(21)38-5/h7-11,18,20H,6,12-17,19H2,1-5H3. The van der Waals surface area contributed by atoms with Crippen molar-refractivity contribution in [2.45, 2.75) is 26.3 Å². The zero-order chi connectivity index (χ0) is 27.4. The molecule has 1 fully saturated rings. The van der Waals surface area contributed by atoms with Gasteiger partial charge in [0.1, 0.15) is 11.5 Å². The van der Waals surface area contributed by atoms with Crippen LogP contribution in [-0.2, 0) is 11.3 Å². The molecule has 0 aliphatic carbocycles. The molecule has 0 aromatic heterocycles. The molecule has 4 rings (SSSR count). The smallest absolute Gasteiger partial charge is 0.263 e. The lowest BCUT2D eigenvalue weighted by Crippen LogP contribution is -2.44. The van der Waals surface area contributed by atoms with Crippen molar-refractivity contribution in [3.8, 4) is 11.5 Å². The first-order valence-corrected chi connectivity index (χ1v) is 13.2. The number of fused-ring (bicyclic) bond motifs is 1. The number of piperidine rings is 1. The summed E-state index contributed by atoms with van der Waals surface area (Å²) in [6.07, 6.45) is 1.44. The molecule has 2 aromatic carbocycles. The fraction of sp³-hybridized carbons (Fsp3) is 0.483. The summed E-state index contributed by atoms with van der Waals surface area (Å²) in [5, 5.41) is 0. The second kappa shape index (κ2) is 11.9. The molecule has 38 heavy (non-hydrogen) atoms. The number of hydrogen-bond acceptors (Lipinski definition) is 7. The molecule has 1 saturated heterocycles. The molecule has 0 bridgehead atoms. The molecule has 0 N–H and O–H groups in total.